The van der Waals surface area contributed by atoms with Crippen molar-refractivity contribution in [3.63, 3.8) is 0 Å². The predicted molar refractivity (Wildman–Crippen MR) is 135 cm³/mol. The summed E-state index contributed by atoms with van der Waals surface area (Å²) in [4.78, 5) is 30.1. The highest BCUT2D eigenvalue weighted by Crippen LogP contribution is 2.32. The van der Waals surface area contributed by atoms with E-state index in [1.807, 2.05) is 0 Å². The molecule has 2 saturated heterocycles. The van der Waals surface area contributed by atoms with Crippen LogP contribution in [0.5, 0.6) is 0 Å². The van der Waals surface area contributed by atoms with Gasteiger partial charge in [-0.05, 0) is 68.8 Å². The molecule has 2 fully saturated rings. The van der Waals surface area contributed by atoms with Crippen molar-refractivity contribution < 1.29 is 9.72 Å². The van der Waals surface area contributed by atoms with Gasteiger partial charge in [-0.2, -0.15) is 0 Å². The third-order valence-corrected chi connectivity index (χ3v) is 7.27. The number of hydrogen-bond acceptors (Lipinski definition) is 6. The van der Waals surface area contributed by atoms with E-state index in [-0.39, 0.29) is 16.7 Å². The van der Waals surface area contributed by atoms with E-state index in [0.29, 0.717) is 22.9 Å². The molecule has 4 rings (SSSR count). The SMILES string of the molecule is O=C(Nc1ccnc(Cl)c1)c1ccc([N+](=O)[O-])cc1N1CCC(CCCC2CCNCC2)CC1. The van der Waals surface area contributed by atoms with E-state index in [4.69, 9.17) is 11.6 Å². The lowest BCUT2D eigenvalue weighted by atomic mass is 9.87. The lowest BCUT2D eigenvalue weighted by Crippen LogP contribution is -2.35. The Balaban J connectivity index is 1.39. The standard InChI is InChI=1S/C25H32ClN5O3/c26-24-16-20(8-13-28-24)29-25(32)22-5-4-21(31(33)34)17-23(22)30-14-9-19(10-15-30)3-1-2-18-6-11-27-12-7-18/h4-5,8,13,16-19,27H,1-3,6-7,9-12,14-15H2,(H,28,29,32). The fourth-order valence-electron chi connectivity index (χ4n) is 5.09. The van der Waals surface area contributed by atoms with E-state index in [1.54, 1.807) is 12.1 Å². The number of carbonyl (C=O) groups excluding carboxylic acids is 1. The Kier molecular flexibility index (Phi) is 8.34. The molecule has 9 heteroatoms. The quantitative estimate of drug-likeness (QED) is 0.299. The summed E-state index contributed by atoms with van der Waals surface area (Å²) in [6.07, 6.45) is 10.0. The zero-order valence-electron chi connectivity index (χ0n) is 19.3. The zero-order valence-corrected chi connectivity index (χ0v) is 20.1. The average Bonchev–Trinajstić information content (AvgIpc) is 2.85. The number of aromatic nitrogens is 1. The van der Waals surface area contributed by atoms with Crippen molar-refractivity contribution in [2.24, 2.45) is 11.8 Å². The van der Waals surface area contributed by atoms with E-state index in [0.717, 1.165) is 44.9 Å². The average molecular weight is 486 g/mol. The fourth-order valence-corrected chi connectivity index (χ4v) is 5.27. The number of non-ortho nitro benzene ring substituents is 1. The Bertz CT molecular complexity index is 1000. The highest BCUT2D eigenvalue weighted by molar-refractivity contribution is 6.29. The molecular formula is C25H32ClN5O3. The molecule has 0 spiro atoms. The smallest absolute Gasteiger partial charge is 0.271 e. The number of carbonyl (C=O) groups is 1. The second kappa shape index (κ2) is 11.6. The van der Waals surface area contributed by atoms with Gasteiger partial charge in [-0.25, -0.2) is 4.98 Å². The maximum Gasteiger partial charge on any atom is 0.271 e. The van der Waals surface area contributed by atoms with Gasteiger partial charge in [0, 0.05) is 37.1 Å². The van der Waals surface area contributed by atoms with Crippen molar-refractivity contribution in [2.75, 3.05) is 36.4 Å². The van der Waals surface area contributed by atoms with E-state index in [2.05, 4.69) is 20.5 Å². The predicted octanol–water partition coefficient (Wildman–Crippen LogP) is 5.28. The molecular weight excluding hydrogens is 454 g/mol. The number of nitrogens with one attached hydrogen (secondary N) is 2. The number of nitro groups is 1. The second-order valence-electron chi connectivity index (χ2n) is 9.33. The number of rotatable bonds is 8. The number of anilines is 2. The summed E-state index contributed by atoms with van der Waals surface area (Å²) in [5.74, 6) is 1.21. The first-order chi connectivity index (χ1) is 16.5. The van der Waals surface area contributed by atoms with Crippen LogP contribution in [-0.4, -0.2) is 42.0 Å². The summed E-state index contributed by atoms with van der Waals surface area (Å²) < 4.78 is 0. The van der Waals surface area contributed by atoms with Crippen LogP contribution in [0, 0.1) is 22.0 Å². The molecule has 2 aromatic rings. The summed E-state index contributed by atoms with van der Waals surface area (Å²) in [6.45, 7) is 3.88. The first-order valence-electron chi connectivity index (χ1n) is 12.2. The summed E-state index contributed by atoms with van der Waals surface area (Å²) in [6, 6.07) is 7.66. The molecule has 182 valence electrons. The number of pyridine rings is 1. The molecule has 0 radical (unpaired) electrons. The first-order valence-corrected chi connectivity index (χ1v) is 12.5. The molecule has 1 amide bonds. The molecule has 34 heavy (non-hydrogen) atoms. The first kappa shape index (κ1) is 24.4. The van der Waals surface area contributed by atoms with Gasteiger partial charge in [0.1, 0.15) is 5.15 Å². The lowest BCUT2D eigenvalue weighted by Gasteiger charge is -2.34. The molecule has 0 saturated carbocycles. The van der Waals surface area contributed by atoms with Crippen LogP contribution in [-0.2, 0) is 0 Å². The Morgan fingerprint density at radius 1 is 1.12 bits per heavy atom. The van der Waals surface area contributed by atoms with E-state index >= 15 is 0 Å². The van der Waals surface area contributed by atoms with Crippen LogP contribution in [0.25, 0.3) is 0 Å². The number of benzene rings is 1. The van der Waals surface area contributed by atoms with Crippen molar-refractivity contribution in [3.8, 4) is 0 Å². The number of hydrogen-bond donors (Lipinski definition) is 2. The van der Waals surface area contributed by atoms with Gasteiger partial charge in [-0.15, -0.1) is 0 Å². The summed E-state index contributed by atoms with van der Waals surface area (Å²) in [7, 11) is 0. The number of nitrogens with zero attached hydrogens (tertiary/aromatic N) is 3. The molecule has 0 unspecified atom stereocenters. The number of halogens is 1. The Hall–Kier alpha value is -2.71. The van der Waals surface area contributed by atoms with Crippen LogP contribution in [0.2, 0.25) is 5.15 Å². The van der Waals surface area contributed by atoms with Gasteiger partial charge in [-0.3, -0.25) is 14.9 Å². The number of amides is 1. The number of piperidine rings is 2. The second-order valence-corrected chi connectivity index (χ2v) is 9.72. The third-order valence-electron chi connectivity index (χ3n) is 7.06. The molecule has 0 bridgehead atoms. The summed E-state index contributed by atoms with van der Waals surface area (Å²) in [5.41, 5.74) is 1.55. The molecule has 2 aliphatic rings. The van der Waals surface area contributed by atoms with Gasteiger partial charge in [0.15, 0.2) is 0 Å². The van der Waals surface area contributed by atoms with Gasteiger partial charge in [0.2, 0.25) is 0 Å². The minimum absolute atomic E-state index is 0.0115. The van der Waals surface area contributed by atoms with Crippen LogP contribution in [0.1, 0.15) is 55.3 Å². The van der Waals surface area contributed by atoms with Crippen LogP contribution >= 0.6 is 11.6 Å². The van der Waals surface area contributed by atoms with E-state index in [9.17, 15) is 14.9 Å². The third kappa shape index (κ3) is 6.45. The maximum absolute atomic E-state index is 13.1. The number of nitro benzene ring substituents is 1. The van der Waals surface area contributed by atoms with E-state index in [1.165, 1.54) is 56.5 Å². The molecule has 0 atom stereocenters. The normalized spacial score (nSPS) is 17.5. The summed E-state index contributed by atoms with van der Waals surface area (Å²) >= 11 is 5.93. The van der Waals surface area contributed by atoms with Crippen molar-refractivity contribution in [2.45, 2.75) is 44.9 Å². The Morgan fingerprint density at radius 3 is 2.50 bits per heavy atom. The zero-order chi connectivity index (χ0) is 23.9. The van der Waals surface area contributed by atoms with Crippen molar-refractivity contribution in [3.05, 3.63) is 57.4 Å². The molecule has 0 aliphatic carbocycles. The minimum atomic E-state index is -0.415. The monoisotopic (exact) mass is 485 g/mol. The highest BCUT2D eigenvalue weighted by atomic mass is 35.5. The van der Waals surface area contributed by atoms with Crippen molar-refractivity contribution >= 4 is 34.6 Å². The van der Waals surface area contributed by atoms with Crippen LogP contribution < -0.4 is 15.5 Å². The Labute approximate surface area is 205 Å². The van der Waals surface area contributed by atoms with Gasteiger partial charge in [0.25, 0.3) is 11.6 Å². The van der Waals surface area contributed by atoms with Gasteiger partial charge in [-0.1, -0.05) is 30.9 Å². The molecule has 3 heterocycles. The van der Waals surface area contributed by atoms with Crippen LogP contribution in [0.15, 0.2) is 36.5 Å². The van der Waals surface area contributed by atoms with Crippen LogP contribution in [0.3, 0.4) is 0 Å². The Morgan fingerprint density at radius 2 is 1.82 bits per heavy atom. The molecule has 8 nitrogen and oxygen atoms in total. The minimum Gasteiger partial charge on any atom is -0.371 e. The molecule has 2 aliphatic heterocycles. The molecule has 1 aromatic carbocycles. The van der Waals surface area contributed by atoms with Crippen molar-refractivity contribution in [1.29, 1.82) is 0 Å². The molecule has 2 N–H and O–H groups in total. The largest absolute Gasteiger partial charge is 0.371 e. The van der Waals surface area contributed by atoms with Gasteiger partial charge >= 0.3 is 0 Å². The van der Waals surface area contributed by atoms with E-state index < -0.39 is 4.92 Å². The van der Waals surface area contributed by atoms with Crippen LogP contribution in [0.4, 0.5) is 17.1 Å². The lowest BCUT2D eigenvalue weighted by molar-refractivity contribution is -0.384. The topological polar surface area (TPSA) is 100 Å². The highest BCUT2D eigenvalue weighted by Gasteiger charge is 2.25. The van der Waals surface area contributed by atoms with Crippen molar-refractivity contribution in [1.82, 2.24) is 10.3 Å². The van der Waals surface area contributed by atoms with Gasteiger partial charge < -0.3 is 15.5 Å². The maximum atomic E-state index is 13.1. The molecule has 1 aromatic heterocycles. The van der Waals surface area contributed by atoms with Gasteiger partial charge in [0.05, 0.1) is 16.2 Å². The summed E-state index contributed by atoms with van der Waals surface area (Å²) in [5, 5.41) is 17.9. The fraction of sp³-hybridized carbons (Fsp3) is 0.520.